The highest BCUT2D eigenvalue weighted by Crippen LogP contribution is 2.32. The number of ether oxygens (including phenoxy) is 1. The second-order valence-corrected chi connectivity index (χ2v) is 6.94. The molecule has 0 unspecified atom stereocenters. The Morgan fingerprint density at radius 3 is 2.42 bits per heavy atom. The summed E-state index contributed by atoms with van der Waals surface area (Å²) in [5.41, 5.74) is 5.16. The van der Waals surface area contributed by atoms with E-state index in [1.54, 1.807) is 0 Å². The molecule has 0 spiro atoms. The normalized spacial score (nSPS) is 24.2. The van der Waals surface area contributed by atoms with Gasteiger partial charge in [0.2, 0.25) is 5.91 Å². The number of carbonyl (C=O) groups excluding carboxylic acids is 1. The van der Waals surface area contributed by atoms with E-state index < -0.39 is 11.7 Å². The number of benzene rings is 1. The number of piperidine rings is 1. The van der Waals surface area contributed by atoms with Gasteiger partial charge < -0.3 is 15.4 Å². The van der Waals surface area contributed by atoms with Gasteiger partial charge >= 0.3 is 6.18 Å². The predicted molar refractivity (Wildman–Crippen MR) is 94.2 cm³/mol. The van der Waals surface area contributed by atoms with Crippen LogP contribution in [0.5, 0.6) is 5.75 Å². The van der Waals surface area contributed by atoms with E-state index in [-0.39, 0.29) is 42.1 Å². The van der Waals surface area contributed by atoms with Gasteiger partial charge in [-0.3, -0.25) is 4.79 Å². The molecule has 4 nitrogen and oxygen atoms in total. The predicted octanol–water partition coefficient (Wildman–Crippen LogP) is 3.62. The Balaban J connectivity index is 0.00000243. The van der Waals surface area contributed by atoms with Gasteiger partial charge in [0.1, 0.15) is 11.9 Å². The molecule has 1 heterocycles. The largest absolute Gasteiger partial charge is 0.490 e. The lowest BCUT2D eigenvalue weighted by Gasteiger charge is -2.33. The summed E-state index contributed by atoms with van der Waals surface area (Å²) < 4.78 is 44.0. The molecule has 1 aliphatic heterocycles. The number of likely N-dealkylation sites (tertiary alicyclic amines) is 1. The Morgan fingerprint density at radius 1 is 1.15 bits per heavy atom. The molecule has 1 aliphatic carbocycles. The van der Waals surface area contributed by atoms with Crippen molar-refractivity contribution in [2.45, 2.75) is 50.4 Å². The van der Waals surface area contributed by atoms with E-state index >= 15 is 0 Å². The highest BCUT2D eigenvalue weighted by molar-refractivity contribution is 5.85. The fourth-order valence-electron chi connectivity index (χ4n) is 3.63. The van der Waals surface area contributed by atoms with E-state index in [0.29, 0.717) is 25.9 Å². The molecular weight excluding hydrogens is 369 g/mol. The Bertz CT molecular complexity index is 619. The van der Waals surface area contributed by atoms with Crippen molar-refractivity contribution in [3.05, 3.63) is 29.8 Å². The zero-order valence-corrected chi connectivity index (χ0v) is 15.2. The van der Waals surface area contributed by atoms with Crippen LogP contribution < -0.4 is 10.5 Å². The molecule has 0 aromatic heterocycles. The number of nitrogens with zero attached hydrogens (tertiary/aromatic N) is 1. The van der Waals surface area contributed by atoms with Crippen LogP contribution in [0.3, 0.4) is 0 Å². The van der Waals surface area contributed by atoms with Crippen molar-refractivity contribution in [1.29, 1.82) is 0 Å². The minimum absolute atomic E-state index is 0. The molecular formula is C18H24ClF3N2O2. The summed E-state index contributed by atoms with van der Waals surface area (Å²) in [7, 11) is 0. The van der Waals surface area contributed by atoms with Crippen LogP contribution in [0, 0.1) is 5.92 Å². The lowest BCUT2D eigenvalue weighted by Crippen LogP contribution is -2.44. The quantitative estimate of drug-likeness (QED) is 0.854. The van der Waals surface area contributed by atoms with E-state index in [4.69, 9.17) is 10.5 Å². The van der Waals surface area contributed by atoms with Crippen molar-refractivity contribution in [2.75, 3.05) is 13.1 Å². The first kappa shape index (κ1) is 20.8. The summed E-state index contributed by atoms with van der Waals surface area (Å²) >= 11 is 0. The van der Waals surface area contributed by atoms with Gasteiger partial charge in [-0.1, -0.05) is 6.07 Å². The monoisotopic (exact) mass is 392 g/mol. The van der Waals surface area contributed by atoms with E-state index in [0.717, 1.165) is 31.4 Å². The molecule has 2 aliphatic rings. The summed E-state index contributed by atoms with van der Waals surface area (Å²) in [6.45, 7) is 1.16. The van der Waals surface area contributed by atoms with Gasteiger partial charge in [0, 0.05) is 37.9 Å². The molecule has 3 rings (SSSR count). The van der Waals surface area contributed by atoms with Crippen molar-refractivity contribution in [3.8, 4) is 5.75 Å². The van der Waals surface area contributed by atoms with Gasteiger partial charge in [0.05, 0.1) is 5.56 Å². The average Bonchev–Trinajstić information content (AvgIpc) is 3.01. The van der Waals surface area contributed by atoms with Gasteiger partial charge in [0.25, 0.3) is 0 Å². The highest BCUT2D eigenvalue weighted by atomic mass is 35.5. The smallest absolute Gasteiger partial charge is 0.416 e. The fourth-order valence-corrected chi connectivity index (χ4v) is 3.63. The molecule has 146 valence electrons. The maximum Gasteiger partial charge on any atom is 0.416 e. The molecule has 1 saturated carbocycles. The van der Waals surface area contributed by atoms with Crippen LogP contribution >= 0.6 is 12.4 Å². The van der Waals surface area contributed by atoms with Gasteiger partial charge in [0.15, 0.2) is 0 Å². The van der Waals surface area contributed by atoms with Crippen LogP contribution in [-0.2, 0) is 11.0 Å². The van der Waals surface area contributed by atoms with Crippen molar-refractivity contribution < 1.29 is 22.7 Å². The Hall–Kier alpha value is -1.47. The number of nitrogens with two attached hydrogens (primary N) is 1. The number of rotatable bonds is 3. The van der Waals surface area contributed by atoms with Crippen molar-refractivity contribution >= 4 is 18.3 Å². The number of halogens is 4. The number of carbonyl (C=O) groups is 1. The van der Waals surface area contributed by atoms with Gasteiger partial charge in [-0.15, -0.1) is 12.4 Å². The molecule has 8 heteroatoms. The van der Waals surface area contributed by atoms with Gasteiger partial charge in [-0.25, -0.2) is 0 Å². The maximum absolute atomic E-state index is 12.8. The van der Waals surface area contributed by atoms with Crippen LogP contribution in [0.4, 0.5) is 13.2 Å². The molecule has 2 N–H and O–H groups in total. The first-order chi connectivity index (χ1) is 11.8. The lowest BCUT2D eigenvalue weighted by molar-refractivity contribution is -0.138. The molecule has 26 heavy (non-hydrogen) atoms. The average molecular weight is 393 g/mol. The summed E-state index contributed by atoms with van der Waals surface area (Å²) in [4.78, 5) is 14.3. The third kappa shape index (κ3) is 5.04. The van der Waals surface area contributed by atoms with Crippen LogP contribution in [0.15, 0.2) is 24.3 Å². The minimum Gasteiger partial charge on any atom is -0.490 e. The van der Waals surface area contributed by atoms with E-state index in [2.05, 4.69) is 0 Å². The van der Waals surface area contributed by atoms with Crippen molar-refractivity contribution in [3.63, 3.8) is 0 Å². The van der Waals surface area contributed by atoms with Gasteiger partial charge in [-0.05, 0) is 37.5 Å². The topological polar surface area (TPSA) is 55.6 Å². The molecule has 2 atom stereocenters. The highest BCUT2D eigenvalue weighted by Gasteiger charge is 2.34. The summed E-state index contributed by atoms with van der Waals surface area (Å²) in [6.07, 6.45) is -0.803. The van der Waals surface area contributed by atoms with Crippen molar-refractivity contribution in [2.24, 2.45) is 11.7 Å². The fraction of sp³-hybridized carbons (Fsp3) is 0.611. The van der Waals surface area contributed by atoms with Crippen LogP contribution in [-0.4, -0.2) is 36.0 Å². The number of amides is 1. The van der Waals surface area contributed by atoms with E-state index in [9.17, 15) is 18.0 Å². The lowest BCUT2D eigenvalue weighted by atomic mass is 10.0. The number of alkyl halides is 3. The molecule has 2 fully saturated rings. The standard InChI is InChI=1S/C18H23F3N2O2.ClH/c19-18(20,21)13-2-1-3-16(11-13)25-15-6-8-23(9-7-15)17(24)12-4-5-14(22)10-12;/h1-3,11-12,14-15H,4-10,22H2;1H/t12-,14+;/m0./s1. The first-order valence-electron chi connectivity index (χ1n) is 8.71. The maximum atomic E-state index is 12.8. The van der Waals surface area contributed by atoms with Crippen LogP contribution in [0.2, 0.25) is 0 Å². The van der Waals surface area contributed by atoms with Gasteiger partial charge in [-0.2, -0.15) is 13.2 Å². The molecule has 1 aromatic carbocycles. The van der Waals surface area contributed by atoms with Crippen molar-refractivity contribution in [1.82, 2.24) is 4.90 Å². The Kier molecular flexibility index (Phi) is 6.80. The SMILES string of the molecule is Cl.N[C@@H]1CC[C@H](C(=O)N2CCC(Oc3cccc(C(F)(F)F)c3)CC2)C1. The minimum atomic E-state index is -4.38. The molecule has 0 radical (unpaired) electrons. The summed E-state index contributed by atoms with van der Waals surface area (Å²) in [5, 5.41) is 0. The molecule has 0 bridgehead atoms. The summed E-state index contributed by atoms with van der Waals surface area (Å²) in [6, 6.07) is 5.06. The Morgan fingerprint density at radius 2 is 1.85 bits per heavy atom. The first-order valence-corrected chi connectivity index (χ1v) is 8.71. The second-order valence-electron chi connectivity index (χ2n) is 6.94. The van der Waals surface area contributed by atoms with E-state index in [1.807, 2.05) is 4.90 Å². The van der Waals surface area contributed by atoms with E-state index in [1.165, 1.54) is 12.1 Å². The molecule has 1 aromatic rings. The van der Waals surface area contributed by atoms with Crippen LogP contribution in [0.1, 0.15) is 37.7 Å². The molecule has 1 amide bonds. The zero-order valence-electron chi connectivity index (χ0n) is 14.4. The van der Waals surface area contributed by atoms with Crippen LogP contribution in [0.25, 0.3) is 0 Å². The third-order valence-electron chi connectivity index (χ3n) is 5.04. The Labute approximate surface area is 157 Å². The number of hydrogen-bond acceptors (Lipinski definition) is 3. The number of hydrogen-bond donors (Lipinski definition) is 1. The second kappa shape index (κ2) is 8.48. The zero-order chi connectivity index (χ0) is 18.0. The summed E-state index contributed by atoms with van der Waals surface area (Å²) in [5.74, 6) is 0.405. The third-order valence-corrected chi connectivity index (χ3v) is 5.04. The molecule has 1 saturated heterocycles.